The van der Waals surface area contributed by atoms with Crippen molar-refractivity contribution in [2.45, 2.75) is 6.92 Å². The van der Waals surface area contributed by atoms with Crippen LogP contribution in [0.4, 0.5) is 11.4 Å². The van der Waals surface area contributed by atoms with Crippen molar-refractivity contribution < 1.29 is 9.72 Å². The van der Waals surface area contributed by atoms with Crippen LogP contribution in [-0.4, -0.2) is 15.9 Å². The predicted octanol–water partition coefficient (Wildman–Crippen LogP) is 4.34. The van der Waals surface area contributed by atoms with Gasteiger partial charge in [-0.2, -0.15) is 0 Å². The number of hydrogen-bond acceptors (Lipinski definition) is 4. The van der Waals surface area contributed by atoms with Crippen LogP contribution in [0.1, 0.15) is 15.9 Å². The molecule has 0 saturated carbocycles. The number of halogens is 2. The highest BCUT2D eigenvalue weighted by atomic mass is 35.5. The summed E-state index contributed by atoms with van der Waals surface area (Å²) >= 11 is 16.9. The van der Waals surface area contributed by atoms with Gasteiger partial charge >= 0.3 is 0 Å². The highest BCUT2D eigenvalue weighted by Gasteiger charge is 2.18. The van der Waals surface area contributed by atoms with E-state index in [1.54, 1.807) is 18.2 Å². The van der Waals surface area contributed by atoms with E-state index in [0.717, 1.165) is 0 Å². The van der Waals surface area contributed by atoms with E-state index in [-0.39, 0.29) is 21.9 Å². The molecule has 0 radical (unpaired) electrons. The topological polar surface area (TPSA) is 84.3 Å². The van der Waals surface area contributed by atoms with Gasteiger partial charge in [-0.1, -0.05) is 29.3 Å². The monoisotopic (exact) mass is 383 g/mol. The molecule has 0 aliphatic carbocycles. The van der Waals surface area contributed by atoms with E-state index in [2.05, 4.69) is 10.6 Å². The summed E-state index contributed by atoms with van der Waals surface area (Å²) in [6.45, 7) is 1.50. The molecular formula is C15H11Cl2N3O3S. The van der Waals surface area contributed by atoms with Crippen LogP contribution in [0.3, 0.4) is 0 Å². The Kier molecular flexibility index (Phi) is 5.71. The molecule has 0 aliphatic rings. The first kappa shape index (κ1) is 18.1. The van der Waals surface area contributed by atoms with Crippen LogP contribution in [-0.2, 0) is 0 Å². The molecule has 6 nitrogen and oxygen atoms in total. The van der Waals surface area contributed by atoms with Crippen molar-refractivity contribution in [3.05, 3.63) is 67.7 Å². The minimum atomic E-state index is -0.563. The first-order valence-corrected chi connectivity index (χ1v) is 7.77. The lowest BCUT2D eigenvalue weighted by Crippen LogP contribution is -2.34. The summed E-state index contributed by atoms with van der Waals surface area (Å²) < 4.78 is 0. The van der Waals surface area contributed by atoms with Crippen LogP contribution in [0.25, 0.3) is 0 Å². The van der Waals surface area contributed by atoms with E-state index in [1.807, 2.05) is 0 Å². The zero-order chi connectivity index (χ0) is 17.9. The lowest BCUT2D eigenvalue weighted by atomic mass is 10.1. The van der Waals surface area contributed by atoms with Gasteiger partial charge in [0.1, 0.15) is 0 Å². The van der Waals surface area contributed by atoms with Crippen molar-refractivity contribution in [3.63, 3.8) is 0 Å². The Balaban J connectivity index is 2.15. The molecule has 2 N–H and O–H groups in total. The van der Waals surface area contributed by atoms with Gasteiger partial charge in [-0.3, -0.25) is 20.2 Å². The molecule has 0 aliphatic heterocycles. The molecule has 0 unspecified atom stereocenters. The second-order valence-corrected chi connectivity index (χ2v) is 5.99. The van der Waals surface area contributed by atoms with E-state index in [9.17, 15) is 14.9 Å². The predicted molar refractivity (Wildman–Crippen MR) is 98.0 cm³/mol. The quantitative estimate of drug-likeness (QED) is 0.467. The Hall–Kier alpha value is -2.22. The first-order valence-electron chi connectivity index (χ1n) is 6.61. The number of amides is 1. The third-order valence-electron chi connectivity index (χ3n) is 3.15. The zero-order valence-electron chi connectivity index (χ0n) is 12.3. The van der Waals surface area contributed by atoms with E-state index in [0.29, 0.717) is 15.7 Å². The van der Waals surface area contributed by atoms with Gasteiger partial charge in [0.2, 0.25) is 0 Å². The molecule has 2 aromatic rings. The Morgan fingerprint density at radius 1 is 1.25 bits per heavy atom. The van der Waals surface area contributed by atoms with Gasteiger partial charge in [0.25, 0.3) is 11.6 Å². The summed E-state index contributed by atoms with van der Waals surface area (Å²) in [7, 11) is 0. The lowest BCUT2D eigenvalue weighted by Gasteiger charge is -2.12. The van der Waals surface area contributed by atoms with Crippen LogP contribution in [0, 0.1) is 17.0 Å². The lowest BCUT2D eigenvalue weighted by molar-refractivity contribution is -0.385. The molecule has 9 heteroatoms. The van der Waals surface area contributed by atoms with Crippen LogP contribution in [0.5, 0.6) is 0 Å². The highest BCUT2D eigenvalue weighted by Crippen LogP contribution is 2.25. The van der Waals surface area contributed by atoms with Crippen LogP contribution in [0.15, 0.2) is 36.4 Å². The molecule has 124 valence electrons. The summed E-state index contributed by atoms with van der Waals surface area (Å²) in [6, 6.07) is 9.00. The van der Waals surface area contributed by atoms with Gasteiger partial charge in [-0.15, -0.1) is 0 Å². The minimum absolute atomic E-state index is 0.00456. The summed E-state index contributed by atoms with van der Waals surface area (Å²) in [5.74, 6) is -0.563. The fraction of sp³-hybridized carbons (Fsp3) is 0.0667. The van der Waals surface area contributed by atoms with Crippen molar-refractivity contribution in [1.82, 2.24) is 5.32 Å². The average molecular weight is 384 g/mol. The average Bonchev–Trinajstić information content (AvgIpc) is 2.50. The van der Waals surface area contributed by atoms with E-state index in [4.69, 9.17) is 35.4 Å². The van der Waals surface area contributed by atoms with Gasteiger partial charge in [0.15, 0.2) is 5.11 Å². The highest BCUT2D eigenvalue weighted by molar-refractivity contribution is 7.80. The van der Waals surface area contributed by atoms with Crippen molar-refractivity contribution in [3.8, 4) is 0 Å². The smallest absolute Gasteiger partial charge is 0.273 e. The Morgan fingerprint density at radius 3 is 2.62 bits per heavy atom. The molecular weight excluding hydrogens is 373 g/mol. The van der Waals surface area contributed by atoms with E-state index < -0.39 is 10.8 Å². The third-order valence-corrected chi connectivity index (χ3v) is 3.92. The summed E-state index contributed by atoms with van der Waals surface area (Å²) in [6.07, 6.45) is 0. The summed E-state index contributed by atoms with van der Waals surface area (Å²) in [5.41, 5.74) is 0.707. The number of thiocarbonyl (C=S) groups is 1. The second kappa shape index (κ2) is 7.57. The zero-order valence-corrected chi connectivity index (χ0v) is 14.6. The van der Waals surface area contributed by atoms with Gasteiger partial charge in [0.05, 0.1) is 15.6 Å². The number of anilines is 1. The number of nitro groups is 1. The SMILES string of the molecule is Cc1c(C(=O)NC(=S)Nc2cc(Cl)ccc2Cl)cccc1[N+](=O)[O-]. The number of carbonyl (C=O) groups excluding carboxylic acids is 1. The van der Waals surface area contributed by atoms with Crippen LogP contribution in [0.2, 0.25) is 10.0 Å². The third kappa shape index (κ3) is 4.19. The number of nitro benzene ring substituents is 1. The number of nitrogens with zero attached hydrogens (tertiary/aromatic N) is 1. The molecule has 0 saturated heterocycles. The summed E-state index contributed by atoms with van der Waals surface area (Å²) in [5, 5.41) is 17.0. The molecule has 2 rings (SSSR count). The standard InChI is InChI=1S/C15H11Cl2N3O3S/c1-8-10(3-2-4-13(8)20(22)23)14(21)19-15(24)18-12-7-9(16)5-6-11(12)17/h2-7H,1H3,(H2,18,19,21,24). The Labute approximate surface area is 152 Å². The molecule has 0 heterocycles. The van der Waals surface area contributed by atoms with Gasteiger partial charge in [-0.25, -0.2) is 0 Å². The number of carbonyl (C=O) groups is 1. The van der Waals surface area contributed by atoms with E-state index >= 15 is 0 Å². The molecule has 0 atom stereocenters. The molecule has 0 aromatic heterocycles. The minimum Gasteiger partial charge on any atom is -0.331 e. The fourth-order valence-corrected chi connectivity index (χ4v) is 2.52. The maximum atomic E-state index is 12.3. The largest absolute Gasteiger partial charge is 0.331 e. The normalized spacial score (nSPS) is 10.1. The fourth-order valence-electron chi connectivity index (χ4n) is 1.98. The first-order chi connectivity index (χ1) is 11.3. The van der Waals surface area contributed by atoms with Crippen molar-refractivity contribution in [2.24, 2.45) is 0 Å². The van der Waals surface area contributed by atoms with Crippen molar-refractivity contribution in [1.29, 1.82) is 0 Å². The Morgan fingerprint density at radius 2 is 1.96 bits per heavy atom. The number of benzene rings is 2. The van der Waals surface area contributed by atoms with E-state index in [1.165, 1.54) is 25.1 Å². The molecule has 24 heavy (non-hydrogen) atoms. The molecule has 0 spiro atoms. The van der Waals surface area contributed by atoms with Crippen molar-refractivity contribution >= 4 is 57.8 Å². The molecule has 0 bridgehead atoms. The van der Waals surface area contributed by atoms with Gasteiger partial charge in [0, 0.05) is 22.2 Å². The van der Waals surface area contributed by atoms with Gasteiger partial charge < -0.3 is 5.32 Å². The van der Waals surface area contributed by atoms with Gasteiger partial charge in [-0.05, 0) is 43.4 Å². The summed E-state index contributed by atoms with van der Waals surface area (Å²) in [4.78, 5) is 22.7. The number of nitrogens with one attached hydrogen (secondary N) is 2. The molecule has 1 amide bonds. The maximum absolute atomic E-state index is 12.3. The van der Waals surface area contributed by atoms with Crippen LogP contribution >= 0.6 is 35.4 Å². The van der Waals surface area contributed by atoms with Crippen molar-refractivity contribution in [2.75, 3.05) is 5.32 Å². The van der Waals surface area contributed by atoms with Crippen LogP contribution < -0.4 is 10.6 Å². The maximum Gasteiger partial charge on any atom is 0.273 e. The number of rotatable bonds is 3. The Bertz CT molecular complexity index is 843. The molecule has 0 fully saturated rings. The molecule has 2 aromatic carbocycles. The number of hydrogen-bond donors (Lipinski definition) is 2. The second-order valence-electron chi connectivity index (χ2n) is 4.74.